The molecule has 1 fully saturated rings. The summed E-state index contributed by atoms with van der Waals surface area (Å²) in [6.45, 7) is 5.23. The van der Waals surface area contributed by atoms with E-state index in [4.69, 9.17) is 5.11 Å². The van der Waals surface area contributed by atoms with Gasteiger partial charge in [-0.15, -0.1) is 0 Å². The fourth-order valence-electron chi connectivity index (χ4n) is 2.94. The molecule has 1 unspecified atom stereocenters. The molecule has 0 spiro atoms. The maximum absolute atomic E-state index is 8.89. The number of likely N-dealkylation sites (tertiary alicyclic amines) is 1. The van der Waals surface area contributed by atoms with Crippen LogP contribution in [0.15, 0.2) is 0 Å². The molecule has 1 atom stereocenters. The lowest BCUT2D eigenvalue weighted by molar-refractivity contribution is 0.213. The van der Waals surface area contributed by atoms with Crippen molar-refractivity contribution < 1.29 is 5.11 Å². The van der Waals surface area contributed by atoms with Crippen molar-refractivity contribution in [2.24, 2.45) is 0 Å². The van der Waals surface area contributed by atoms with Gasteiger partial charge in [-0.3, -0.25) is 0 Å². The van der Waals surface area contributed by atoms with E-state index in [1.54, 1.807) is 0 Å². The van der Waals surface area contributed by atoms with E-state index in [0.29, 0.717) is 6.61 Å². The lowest BCUT2D eigenvalue weighted by atomic mass is 10.1. The summed E-state index contributed by atoms with van der Waals surface area (Å²) in [6, 6.07) is 0.776. The van der Waals surface area contributed by atoms with E-state index in [0.717, 1.165) is 12.5 Å². The van der Waals surface area contributed by atoms with Crippen LogP contribution in [0.25, 0.3) is 0 Å². The Balaban J connectivity index is 2.00. The zero-order valence-electron chi connectivity index (χ0n) is 11.7. The Hall–Kier alpha value is -0.0800. The molecule has 0 bridgehead atoms. The van der Waals surface area contributed by atoms with Gasteiger partial charge in [0.2, 0.25) is 0 Å². The molecule has 1 rings (SSSR count). The SMILES string of the molecule is CCCCCCCCN1CCCC1CCCO. The van der Waals surface area contributed by atoms with Crippen molar-refractivity contribution in [3.05, 3.63) is 0 Å². The Bertz CT molecular complexity index is 172. The van der Waals surface area contributed by atoms with E-state index in [1.807, 2.05) is 0 Å². The van der Waals surface area contributed by atoms with E-state index >= 15 is 0 Å². The van der Waals surface area contributed by atoms with Crippen molar-refractivity contribution >= 4 is 0 Å². The zero-order valence-corrected chi connectivity index (χ0v) is 11.7. The van der Waals surface area contributed by atoms with Gasteiger partial charge < -0.3 is 10.0 Å². The van der Waals surface area contributed by atoms with E-state index in [1.165, 1.54) is 70.9 Å². The normalized spacial score (nSPS) is 21.2. The molecule has 0 saturated carbocycles. The van der Waals surface area contributed by atoms with Crippen LogP contribution in [0.3, 0.4) is 0 Å². The van der Waals surface area contributed by atoms with Gasteiger partial charge in [0.05, 0.1) is 0 Å². The summed E-state index contributed by atoms with van der Waals surface area (Å²) < 4.78 is 0. The van der Waals surface area contributed by atoms with E-state index in [-0.39, 0.29) is 0 Å². The smallest absolute Gasteiger partial charge is 0.0431 e. The van der Waals surface area contributed by atoms with E-state index < -0.39 is 0 Å². The summed E-state index contributed by atoms with van der Waals surface area (Å²) in [7, 11) is 0. The van der Waals surface area contributed by atoms with Gasteiger partial charge in [0.15, 0.2) is 0 Å². The van der Waals surface area contributed by atoms with Crippen LogP contribution in [0.2, 0.25) is 0 Å². The molecule has 2 heteroatoms. The first-order valence-electron chi connectivity index (χ1n) is 7.73. The minimum absolute atomic E-state index is 0.362. The molecular weight excluding hydrogens is 210 g/mol. The number of hydrogen-bond donors (Lipinski definition) is 1. The van der Waals surface area contributed by atoms with Gasteiger partial charge in [-0.2, -0.15) is 0 Å². The Morgan fingerprint density at radius 2 is 1.82 bits per heavy atom. The first-order valence-corrected chi connectivity index (χ1v) is 7.73. The molecule has 17 heavy (non-hydrogen) atoms. The Kier molecular flexibility index (Phi) is 8.72. The highest BCUT2D eigenvalue weighted by molar-refractivity contribution is 4.78. The highest BCUT2D eigenvalue weighted by Gasteiger charge is 2.22. The minimum Gasteiger partial charge on any atom is -0.396 e. The quantitative estimate of drug-likeness (QED) is 0.591. The number of aliphatic hydroxyl groups excluding tert-OH is 1. The standard InChI is InChI=1S/C15H31NO/c1-2-3-4-5-6-7-12-16-13-8-10-15(16)11-9-14-17/h15,17H,2-14H2,1H3. The van der Waals surface area contributed by atoms with Gasteiger partial charge in [0, 0.05) is 12.6 Å². The van der Waals surface area contributed by atoms with Gasteiger partial charge in [0.25, 0.3) is 0 Å². The zero-order chi connectivity index (χ0) is 12.3. The molecule has 1 saturated heterocycles. The Morgan fingerprint density at radius 3 is 2.59 bits per heavy atom. The molecule has 102 valence electrons. The summed E-state index contributed by atoms with van der Waals surface area (Å²) in [5.74, 6) is 0. The van der Waals surface area contributed by atoms with Crippen molar-refractivity contribution in [1.29, 1.82) is 0 Å². The van der Waals surface area contributed by atoms with Gasteiger partial charge in [-0.1, -0.05) is 39.0 Å². The number of nitrogens with zero attached hydrogens (tertiary/aromatic N) is 1. The number of rotatable bonds is 10. The molecule has 0 aliphatic carbocycles. The predicted molar refractivity (Wildman–Crippen MR) is 74.3 cm³/mol. The van der Waals surface area contributed by atoms with Crippen LogP contribution in [0.1, 0.15) is 71.1 Å². The molecule has 0 aromatic rings. The highest BCUT2D eigenvalue weighted by Crippen LogP contribution is 2.21. The van der Waals surface area contributed by atoms with E-state index in [9.17, 15) is 0 Å². The second-order valence-corrected chi connectivity index (χ2v) is 5.47. The third-order valence-corrected chi connectivity index (χ3v) is 3.99. The Labute approximate surface area is 107 Å². The highest BCUT2D eigenvalue weighted by atomic mass is 16.2. The van der Waals surface area contributed by atoms with Crippen molar-refractivity contribution in [3.8, 4) is 0 Å². The first kappa shape index (κ1) is 15.0. The summed E-state index contributed by atoms with van der Waals surface area (Å²) in [4.78, 5) is 2.66. The van der Waals surface area contributed by atoms with Gasteiger partial charge in [-0.05, 0) is 45.2 Å². The molecule has 1 heterocycles. The second-order valence-electron chi connectivity index (χ2n) is 5.47. The molecule has 2 nitrogen and oxygen atoms in total. The van der Waals surface area contributed by atoms with Crippen LogP contribution in [0, 0.1) is 0 Å². The number of hydrogen-bond acceptors (Lipinski definition) is 2. The molecule has 0 aromatic carbocycles. The topological polar surface area (TPSA) is 23.5 Å². The van der Waals surface area contributed by atoms with Crippen molar-refractivity contribution in [1.82, 2.24) is 4.90 Å². The largest absolute Gasteiger partial charge is 0.396 e. The van der Waals surface area contributed by atoms with Crippen LogP contribution in [0.4, 0.5) is 0 Å². The number of aliphatic hydroxyl groups is 1. The Morgan fingerprint density at radius 1 is 1.06 bits per heavy atom. The summed E-state index contributed by atoms with van der Waals surface area (Å²) in [5.41, 5.74) is 0. The van der Waals surface area contributed by atoms with E-state index in [2.05, 4.69) is 11.8 Å². The van der Waals surface area contributed by atoms with Gasteiger partial charge >= 0.3 is 0 Å². The average molecular weight is 241 g/mol. The third-order valence-electron chi connectivity index (χ3n) is 3.99. The maximum atomic E-state index is 8.89. The fraction of sp³-hybridized carbons (Fsp3) is 1.00. The lowest BCUT2D eigenvalue weighted by Crippen LogP contribution is -2.30. The summed E-state index contributed by atoms with van der Waals surface area (Å²) in [5, 5.41) is 8.89. The molecule has 1 N–H and O–H groups in total. The average Bonchev–Trinajstić information content (AvgIpc) is 2.78. The molecular formula is C15H31NO. The summed E-state index contributed by atoms with van der Waals surface area (Å²) >= 11 is 0. The van der Waals surface area contributed by atoms with Gasteiger partial charge in [-0.25, -0.2) is 0 Å². The molecule has 0 amide bonds. The molecule has 0 radical (unpaired) electrons. The molecule has 1 aliphatic heterocycles. The maximum Gasteiger partial charge on any atom is 0.0431 e. The first-order chi connectivity index (χ1) is 8.38. The third kappa shape index (κ3) is 6.42. The second kappa shape index (κ2) is 9.90. The summed E-state index contributed by atoms with van der Waals surface area (Å²) in [6.07, 6.45) is 13.3. The monoisotopic (exact) mass is 241 g/mol. The van der Waals surface area contributed by atoms with Crippen molar-refractivity contribution in [3.63, 3.8) is 0 Å². The fourth-order valence-corrected chi connectivity index (χ4v) is 2.94. The van der Waals surface area contributed by atoms with Crippen LogP contribution in [-0.4, -0.2) is 35.7 Å². The molecule has 0 aromatic heterocycles. The van der Waals surface area contributed by atoms with Crippen molar-refractivity contribution in [2.45, 2.75) is 77.2 Å². The van der Waals surface area contributed by atoms with Crippen LogP contribution >= 0.6 is 0 Å². The van der Waals surface area contributed by atoms with Crippen LogP contribution < -0.4 is 0 Å². The predicted octanol–water partition coefficient (Wildman–Crippen LogP) is 3.58. The molecule has 1 aliphatic rings. The van der Waals surface area contributed by atoms with Crippen LogP contribution in [0.5, 0.6) is 0 Å². The van der Waals surface area contributed by atoms with Gasteiger partial charge in [0.1, 0.15) is 0 Å². The van der Waals surface area contributed by atoms with Crippen molar-refractivity contribution in [2.75, 3.05) is 19.7 Å². The lowest BCUT2D eigenvalue weighted by Gasteiger charge is -2.24. The number of unbranched alkanes of at least 4 members (excludes halogenated alkanes) is 5. The minimum atomic E-state index is 0.362. The van der Waals surface area contributed by atoms with Crippen LogP contribution in [-0.2, 0) is 0 Å².